The topological polar surface area (TPSA) is 38.1 Å². The number of carbonyl (C=O) groups is 1. The third kappa shape index (κ3) is 2.37. The lowest BCUT2D eigenvalue weighted by molar-refractivity contribution is 0.206. The molecule has 0 aliphatic rings. The third-order valence-electron chi connectivity index (χ3n) is 3.92. The molecule has 0 atom stereocenters. The lowest BCUT2D eigenvalue weighted by Crippen LogP contribution is -2.33. The molecule has 0 saturated carbocycles. The molecule has 0 radical (unpaired) electrons. The summed E-state index contributed by atoms with van der Waals surface area (Å²) < 4.78 is 1.74. The van der Waals surface area contributed by atoms with Crippen LogP contribution in [-0.4, -0.2) is 33.6 Å². The van der Waals surface area contributed by atoms with E-state index >= 15 is 0 Å². The predicted molar refractivity (Wildman–Crippen MR) is 88.9 cm³/mol. The van der Waals surface area contributed by atoms with Gasteiger partial charge < -0.3 is 4.90 Å². The highest BCUT2D eigenvalue weighted by atomic mass is 16.2. The van der Waals surface area contributed by atoms with Gasteiger partial charge in [-0.25, -0.2) is 4.79 Å². The summed E-state index contributed by atoms with van der Waals surface area (Å²) in [5.41, 5.74) is 2.98. The average Bonchev–Trinajstić information content (AvgIpc) is 3.00. The molecule has 22 heavy (non-hydrogen) atoms. The van der Waals surface area contributed by atoms with Crippen molar-refractivity contribution in [2.75, 3.05) is 13.1 Å². The number of carbonyl (C=O) groups excluding carboxylic acids is 1. The highest BCUT2D eigenvalue weighted by Gasteiger charge is 2.17. The van der Waals surface area contributed by atoms with Gasteiger partial charge in [-0.15, -0.1) is 0 Å². The second kappa shape index (κ2) is 6.02. The molecule has 0 spiro atoms. The fraction of sp³-hybridized carbons (Fsp3) is 0.222. The van der Waals surface area contributed by atoms with E-state index in [4.69, 9.17) is 0 Å². The van der Waals surface area contributed by atoms with Gasteiger partial charge in [0.2, 0.25) is 0 Å². The van der Waals surface area contributed by atoms with E-state index in [1.54, 1.807) is 10.8 Å². The molecular weight excluding hydrogens is 274 g/mol. The van der Waals surface area contributed by atoms with Gasteiger partial charge in [0.15, 0.2) is 0 Å². The van der Waals surface area contributed by atoms with E-state index in [-0.39, 0.29) is 6.03 Å². The Hall–Kier alpha value is -2.62. The van der Waals surface area contributed by atoms with Crippen LogP contribution in [0.1, 0.15) is 13.8 Å². The lowest BCUT2D eigenvalue weighted by atomic mass is 10.1. The summed E-state index contributed by atoms with van der Waals surface area (Å²) in [7, 11) is 0. The number of benzene rings is 1. The Kier molecular flexibility index (Phi) is 3.92. The maximum Gasteiger partial charge on any atom is 0.328 e. The summed E-state index contributed by atoms with van der Waals surface area (Å²) in [5.74, 6) is 0. The molecule has 2 aromatic heterocycles. The lowest BCUT2D eigenvalue weighted by Gasteiger charge is -2.20. The second-order valence-corrected chi connectivity index (χ2v) is 5.13. The maximum atomic E-state index is 12.7. The predicted octanol–water partition coefficient (Wildman–Crippen LogP) is 4.01. The molecule has 4 heteroatoms. The summed E-state index contributed by atoms with van der Waals surface area (Å²) in [4.78, 5) is 18.7. The van der Waals surface area contributed by atoms with E-state index < -0.39 is 0 Å². The van der Waals surface area contributed by atoms with Crippen LogP contribution in [0.5, 0.6) is 0 Å². The van der Waals surface area contributed by atoms with E-state index in [0.29, 0.717) is 13.1 Å². The van der Waals surface area contributed by atoms with Crippen LogP contribution in [0.2, 0.25) is 0 Å². The summed E-state index contributed by atoms with van der Waals surface area (Å²) in [6.07, 6.45) is 5.43. The SMILES string of the molecule is CCN(CC)C(=O)n1ccc2cccc(-c3cccnc3)c21. The van der Waals surface area contributed by atoms with Gasteiger partial charge in [-0.3, -0.25) is 9.55 Å². The van der Waals surface area contributed by atoms with Crippen molar-refractivity contribution in [2.24, 2.45) is 0 Å². The maximum absolute atomic E-state index is 12.7. The van der Waals surface area contributed by atoms with Crippen LogP contribution in [0.4, 0.5) is 4.79 Å². The summed E-state index contributed by atoms with van der Waals surface area (Å²) >= 11 is 0. The zero-order valence-corrected chi connectivity index (χ0v) is 12.9. The van der Waals surface area contributed by atoms with Crippen LogP contribution in [0, 0.1) is 0 Å². The first-order chi connectivity index (χ1) is 10.8. The third-order valence-corrected chi connectivity index (χ3v) is 3.92. The molecule has 0 aliphatic carbocycles. The van der Waals surface area contributed by atoms with Crippen molar-refractivity contribution in [1.29, 1.82) is 0 Å². The molecule has 3 rings (SSSR count). The van der Waals surface area contributed by atoms with Crippen molar-refractivity contribution in [2.45, 2.75) is 13.8 Å². The zero-order chi connectivity index (χ0) is 15.5. The summed E-state index contributed by atoms with van der Waals surface area (Å²) in [6, 6.07) is 12.0. The van der Waals surface area contributed by atoms with Gasteiger partial charge in [0.05, 0.1) is 5.52 Å². The van der Waals surface area contributed by atoms with Gasteiger partial charge in [-0.2, -0.15) is 0 Å². The molecule has 0 fully saturated rings. The molecule has 2 heterocycles. The fourth-order valence-electron chi connectivity index (χ4n) is 2.76. The Morgan fingerprint density at radius 3 is 2.64 bits per heavy atom. The molecule has 0 unspecified atom stereocenters. The van der Waals surface area contributed by atoms with Gasteiger partial charge in [0.1, 0.15) is 0 Å². The minimum atomic E-state index is 0.0105. The smallest absolute Gasteiger partial charge is 0.325 e. The van der Waals surface area contributed by atoms with E-state index in [0.717, 1.165) is 22.0 Å². The molecule has 1 aromatic carbocycles. The number of amides is 1. The molecule has 0 bridgehead atoms. The summed E-state index contributed by atoms with van der Waals surface area (Å²) in [6.45, 7) is 5.39. The Balaban J connectivity index is 2.19. The van der Waals surface area contributed by atoms with Crippen LogP contribution < -0.4 is 0 Å². The molecule has 0 saturated heterocycles. The van der Waals surface area contributed by atoms with Crippen molar-refractivity contribution < 1.29 is 4.79 Å². The fourth-order valence-corrected chi connectivity index (χ4v) is 2.76. The van der Waals surface area contributed by atoms with E-state index in [1.165, 1.54) is 0 Å². The molecular formula is C18H19N3O. The normalized spacial score (nSPS) is 10.8. The van der Waals surface area contributed by atoms with Gasteiger partial charge in [-0.05, 0) is 26.0 Å². The molecule has 112 valence electrons. The first-order valence-corrected chi connectivity index (χ1v) is 7.56. The molecule has 1 amide bonds. The number of rotatable bonds is 3. The minimum absolute atomic E-state index is 0.0105. The largest absolute Gasteiger partial charge is 0.328 e. The van der Waals surface area contributed by atoms with Crippen molar-refractivity contribution in [3.8, 4) is 11.1 Å². The van der Waals surface area contributed by atoms with Gasteiger partial charge in [0.25, 0.3) is 0 Å². The van der Waals surface area contributed by atoms with Gasteiger partial charge in [-0.1, -0.05) is 24.3 Å². The number of aromatic nitrogens is 2. The van der Waals surface area contributed by atoms with Gasteiger partial charge in [0, 0.05) is 48.2 Å². The first kappa shape index (κ1) is 14.3. The monoisotopic (exact) mass is 293 g/mol. The number of nitrogens with zero attached hydrogens (tertiary/aromatic N) is 3. The Labute approximate surface area is 130 Å². The van der Waals surface area contributed by atoms with Crippen LogP contribution >= 0.6 is 0 Å². The number of para-hydroxylation sites is 1. The van der Waals surface area contributed by atoms with E-state index in [9.17, 15) is 4.79 Å². The van der Waals surface area contributed by atoms with Crippen LogP contribution in [0.3, 0.4) is 0 Å². The number of pyridine rings is 1. The Bertz CT molecular complexity index is 788. The minimum Gasteiger partial charge on any atom is -0.325 e. The second-order valence-electron chi connectivity index (χ2n) is 5.13. The number of hydrogen-bond donors (Lipinski definition) is 0. The van der Waals surface area contributed by atoms with Crippen molar-refractivity contribution in [3.63, 3.8) is 0 Å². The summed E-state index contributed by atoms with van der Waals surface area (Å²) in [5, 5.41) is 1.06. The zero-order valence-electron chi connectivity index (χ0n) is 12.9. The average molecular weight is 293 g/mol. The highest BCUT2D eigenvalue weighted by molar-refractivity contribution is 6.00. The molecule has 0 N–H and O–H groups in total. The van der Waals surface area contributed by atoms with Crippen molar-refractivity contribution in [1.82, 2.24) is 14.5 Å². The molecule has 0 aliphatic heterocycles. The molecule has 4 nitrogen and oxygen atoms in total. The van der Waals surface area contributed by atoms with Crippen molar-refractivity contribution >= 4 is 16.9 Å². The van der Waals surface area contributed by atoms with E-state index in [1.807, 2.05) is 67.5 Å². The quantitative estimate of drug-likeness (QED) is 0.731. The number of fused-ring (bicyclic) bond motifs is 1. The van der Waals surface area contributed by atoms with E-state index in [2.05, 4.69) is 4.98 Å². The van der Waals surface area contributed by atoms with Crippen LogP contribution in [0.25, 0.3) is 22.0 Å². The Morgan fingerprint density at radius 2 is 1.95 bits per heavy atom. The highest BCUT2D eigenvalue weighted by Crippen LogP contribution is 2.29. The van der Waals surface area contributed by atoms with Crippen LogP contribution in [-0.2, 0) is 0 Å². The van der Waals surface area contributed by atoms with Crippen molar-refractivity contribution in [3.05, 3.63) is 55.0 Å². The Morgan fingerprint density at radius 1 is 1.14 bits per heavy atom. The number of hydrogen-bond acceptors (Lipinski definition) is 2. The molecule has 3 aromatic rings. The first-order valence-electron chi connectivity index (χ1n) is 7.56. The van der Waals surface area contributed by atoms with Gasteiger partial charge >= 0.3 is 6.03 Å². The van der Waals surface area contributed by atoms with Crippen LogP contribution in [0.15, 0.2) is 55.0 Å². The standard InChI is InChI=1S/C18H19N3O/c1-3-20(4-2)18(22)21-12-10-14-7-5-9-16(17(14)21)15-8-6-11-19-13-15/h5-13H,3-4H2,1-2H3.